The fraction of sp³-hybridized carbons (Fsp3) is 0.217. The molecule has 0 aliphatic heterocycles. The van der Waals surface area contributed by atoms with Crippen LogP contribution in [0.25, 0.3) is 0 Å². The third-order valence-electron chi connectivity index (χ3n) is 4.32. The molecule has 0 aliphatic rings. The standard InChI is InChI=1S/C23H22Cl2O2/c1-23(2,18-9-11-19(24)12-10-18)16-26-15-17-8-13-21(25)22(14-17)27-20-6-4-3-5-7-20/h3-14H,15-16H2,1-2H3. The lowest BCUT2D eigenvalue weighted by Gasteiger charge is -2.25. The number of para-hydroxylation sites is 1. The van der Waals surface area contributed by atoms with E-state index in [0.717, 1.165) is 16.3 Å². The van der Waals surface area contributed by atoms with Crippen LogP contribution in [-0.2, 0) is 16.8 Å². The minimum Gasteiger partial charge on any atom is -0.456 e. The van der Waals surface area contributed by atoms with E-state index in [9.17, 15) is 0 Å². The molecule has 3 aromatic rings. The van der Waals surface area contributed by atoms with E-state index < -0.39 is 0 Å². The molecule has 2 nitrogen and oxygen atoms in total. The van der Waals surface area contributed by atoms with Crippen molar-refractivity contribution in [3.63, 3.8) is 0 Å². The Morgan fingerprint density at radius 2 is 1.56 bits per heavy atom. The minimum absolute atomic E-state index is 0.111. The monoisotopic (exact) mass is 400 g/mol. The Morgan fingerprint density at radius 1 is 0.852 bits per heavy atom. The number of rotatable bonds is 7. The first-order chi connectivity index (χ1) is 12.9. The molecule has 0 aliphatic carbocycles. The van der Waals surface area contributed by atoms with Gasteiger partial charge in [-0.15, -0.1) is 0 Å². The average Bonchev–Trinajstić information content (AvgIpc) is 2.65. The van der Waals surface area contributed by atoms with Crippen molar-refractivity contribution in [3.8, 4) is 11.5 Å². The third kappa shape index (κ3) is 5.49. The third-order valence-corrected chi connectivity index (χ3v) is 4.89. The maximum atomic E-state index is 6.27. The largest absolute Gasteiger partial charge is 0.456 e. The van der Waals surface area contributed by atoms with Crippen molar-refractivity contribution in [1.82, 2.24) is 0 Å². The van der Waals surface area contributed by atoms with Crippen LogP contribution in [0.3, 0.4) is 0 Å². The van der Waals surface area contributed by atoms with Gasteiger partial charge in [0.2, 0.25) is 0 Å². The number of ether oxygens (including phenoxy) is 2. The Bertz CT molecular complexity index is 875. The highest BCUT2D eigenvalue weighted by atomic mass is 35.5. The van der Waals surface area contributed by atoms with Crippen molar-refractivity contribution < 1.29 is 9.47 Å². The zero-order valence-corrected chi connectivity index (χ0v) is 16.9. The van der Waals surface area contributed by atoms with Crippen molar-refractivity contribution in [2.24, 2.45) is 0 Å². The highest BCUT2D eigenvalue weighted by Crippen LogP contribution is 2.31. The lowest BCUT2D eigenvalue weighted by Crippen LogP contribution is -2.24. The smallest absolute Gasteiger partial charge is 0.146 e. The van der Waals surface area contributed by atoms with Crippen molar-refractivity contribution >= 4 is 23.2 Å². The molecule has 0 N–H and O–H groups in total. The van der Waals surface area contributed by atoms with Crippen LogP contribution in [0.4, 0.5) is 0 Å². The zero-order chi connectivity index (χ0) is 19.3. The lowest BCUT2D eigenvalue weighted by atomic mass is 9.86. The van der Waals surface area contributed by atoms with Crippen LogP contribution < -0.4 is 4.74 Å². The van der Waals surface area contributed by atoms with E-state index in [1.807, 2.05) is 72.8 Å². The van der Waals surface area contributed by atoms with Crippen molar-refractivity contribution in [1.29, 1.82) is 0 Å². The van der Waals surface area contributed by atoms with E-state index in [0.29, 0.717) is 24.0 Å². The second-order valence-corrected chi connectivity index (χ2v) is 7.91. The molecule has 0 amide bonds. The van der Waals surface area contributed by atoms with Gasteiger partial charge in [0.25, 0.3) is 0 Å². The molecule has 0 fully saturated rings. The summed E-state index contributed by atoms with van der Waals surface area (Å²) in [4.78, 5) is 0. The predicted molar refractivity (Wildman–Crippen MR) is 112 cm³/mol. The summed E-state index contributed by atoms with van der Waals surface area (Å²) in [5.74, 6) is 1.38. The van der Waals surface area contributed by atoms with Crippen LogP contribution in [-0.4, -0.2) is 6.61 Å². The second kappa shape index (κ2) is 8.79. The van der Waals surface area contributed by atoms with E-state index in [1.165, 1.54) is 5.56 Å². The van der Waals surface area contributed by atoms with Gasteiger partial charge < -0.3 is 9.47 Å². The normalized spacial score (nSPS) is 11.4. The molecule has 27 heavy (non-hydrogen) atoms. The summed E-state index contributed by atoms with van der Waals surface area (Å²) in [6.07, 6.45) is 0. The summed E-state index contributed by atoms with van der Waals surface area (Å²) in [6.45, 7) is 5.38. The van der Waals surface area contributed by atoms with Crippen LogP contribution in [0, 0.1) is 0 Å². The fourth-order valence-corrected chi connectivity index (χ4v) is 3.02. The van der Waals surface area contributed by atoms with Gasteiger partial charge in [0.05, 0.1) is 18.2 Å². The zero-order valence-electron chi connectivity index (χ0n) is 15.4. The molecule has 4 heteroatoms. The van der Waals surface area contributed by atoms with Gasteiger partial charge in [-0.1, -0.05) is 73.4 Å². The Hall–Kier alpha value is -2.00. The Kier molecular flexibility index (Phi) is 6.43. The van der Waals surface area contributed by atoms with Gasteiger partial charge in [0.1, 0.15) is 11.5 Å². The van der Waals surface area contributed by atoms with Crippen LogP contribution in [0.15, 0.2) is 72.8 Å². The first kappa shape index (κ1) is 19.8. The summed E-state index contributed by atoms with van der Waals surface area (Å²) >= 11 is 12.2. The molecule has 3 aromatic carbocycles. The Labute approximate surface area is 170 Å². The molecule has 0 atom stereocenters. The maximum absolute atomic E-state index is 6.27. The van der Waals surface area contributed by atoms with Gasteiger partial charge in [-0.25, -0.2) is 0 Å². The SMILES string of the molecule is CC(C)(COCc1ccc(Cl)c(Oc2ccccc2)c1)c1ccc(Cl)cc1. The summed E-state index contributed by atoms with van der Waals surface area (Å²) in [7, 11) is 0. The molecular formula is C23H22Cl2O2. The molecular weight excluding hydrogens is 379 g/mol. The van der Waals surface area contributed by atoms with E-state index >= 15 is 0 Å². The van der Waals surface area contributed by atoms with Gasteiger partial charge >= 0.3 is 0 Å². The first-order valence-electron chi connectivity index (χ1n) is 8.79. The molecule has 0 heterocycles. The summed E-state index contributed by atoms with van der Waals surface area (Å²) in [5.41, 5.74) is 2.09. The second-order valence-electron chi connectivity index (χ2n) is 7.06. The van der Waals surface area contributed by atoms with Crippen molar-refractivity contribution in [2.45, 2.75) is 25.9 Å². The molecule has 0 unspecified atom stereocenters. The molecule has 0 spiro atoms. The number of hydrogen-bond acceptors (Lipinski definition) is 2. The van der Waals surface area contributed by atoms with Crippen molar-refractivity contribution in [3.05, 3.63) is 94.0 Å². The van der Waals surface area contributed by atoms with E-state index in [-0.39, 0.29) is 5.41 Å². The Balaban J connectivity index is 1.62. The van der Waals surface area contributed by atoms with E-state index in [2.05, 4.69) is 13.8 Å². The maximum Gasteiger partial charge on any atom is 0.146 e. The minimum atomic E-state index is -0.111. The van der Waals surface area contributed by atoms with Crippen LogP contribution in [0.1, 0.15) is 25.0 Å². The molecule has 0 bridgehead atoms. The fourth-order valence-electron chi connectivity index (χ4n) is 2.74. The quantitative estimate of drug-likeness (QED) is 0.414. The highest BCUT2D eigenvalue weighted by Gasteiger charge is 2.21. The summed E-state index contributed by atoms with van der Waals surface area (Å²) < 4.78 is 11.9. The summed E-state index contributed by atoms with van der Waals surface area (Å²) in [5, 5.41) is 1.31. The van der Waals surface area contributed by atoms with E-state index in [4.69, 9.17) is 32.7 Å². The van der Waals surface area contributed by atoms with Gasteiger partial charge in [-0.2, -0.15) is 0 Å². The van der Waals surface area contributed by atoms with Crippen LogP contribution >= 0.6 is 23.2 Å². The molecule has 3 rings (SSSR count). The van der Waals surface area contributed by atoms with Crippen LogP contribution in [0.2, 0.25) is 10.0 Å². The number of benzene rings is 3. The highest BCUT2D eigenvalue weighted by molar-refractivity contribution is 6.32. The molecule has 140 valence electrons. The molecule has 0 radical (unpaired) electrons. The number of hydrogen-bond donors (Lipinski definition) is 0. The number of halogens is 2. The Morgan fingerprint density at radius 3 is 2.26 bits per heavy atom. The summed E-state index contributed by atoms with van der Waals surface area (Å²) in [6, 6.07) is 23.2. The van der Waals surface area contributed by atoms with Gasteiger partial charge in [-0.3, -0.25) is 0 Å². The molecule has 0 aromatic heterocycles. The van der Waals surface area contributed by atoms with Gasteiger partial charge in [0, 0.05) is 10.4 Å². The van der Waals surface area contributed by atoms with Crippen molar-refractivity contribution in [2.75, 3.05) is 6.61 Å². The average molecular weight is 401 g/mol. The van der Waals surface area contributed by atoms with Gasteiger partial charge in [0.15, 0.2) is 0 Å². The predicted octanol–water partition coefficient (Wildman–Crippen LogP) is 7.28. The molecule has 0 saturated heterocycles. The van der Waals surface area contributed by atoms with Crippen LogP contribution in [0.5, 0.6) is 11.5 Å². The molecule has 0 saturated carbocycles. The topological polar surface area (TPSA) is 18.5 Å². The van der Waals surface area contributed by atoms with Gasteiger partial charge in [-0.05, 0) is 47.5 Å². The van der Waals surface area contributed by atoms with E-state index in [1.54, 1.807) is 0 Å². The lowest BCUT2D eigenvalue weighted by molar-refractivity contribution is 0.0824. The first-order valence-corrected chi connectivity index (χ1v) is 9.55.